The first-order valence-corrected chi connectivity index (χ1v) is 5.68. The SMILES string of the molecule is O=C(CCCCCCO)OCCCCO. The summed E-state index contributed by atoms with van der Waals surface area (Å²) in [6.45, 7) is 0.792. The van der Waals surface area contributed by atoms with Gasteiger partial charge in [-0.2, -0.15) is 0 Å². The van der Waals surface area contributed by atoms with Crippen LogP contribution >= 0.6 is 0 Å². The van der Waals surface area contributed by atoms with Crippen LogP contribution in [0.3, 0.4) is 0 Å². The average Bonchev–Trinajstić information content (AvgIpc) is 2.24. The van der Waals surface area contributed by atoms with Crippen molar-refractivity contribution >= 4 is 5.97 Å². The van der Waals surface area contributed by atoms with Gasteiger partial charge in [-0.05, 0) is 25.7 Å². The van der Waals surface area contributed by atoms with E-state index < -0.39 is 0 Å². The second kappa shape index (κ2) is 11.5. The Hall–Kier alpha value is -0.610. The first-order valence-electron chi connectivity index (χ1n) is 5.68. The van der Waals surface area contributed by atoms with Crippen molar-refractivity contribution in [3.63, 3.8) is 0 Å². The minimum atomic E-state index is -0.156. The molecule has 0 aliphatic carbocycles. The number of carbonyl (C=O) groups is 1. The summed E-state index contributed by atoms with van der Waals surface area (Å²) in [7, 11) is 0. The summed E-state index contributed by atoms with van der Waals surface area (Å²) in [6.07, 6.45) is 5.45. The molecule has 0 aliphatic rings. The van der Waals surface area contributed by atoms with Crippen molar-refractivity contribution in [2.75, 3.05) is 19.8 Å². The highest BCUT2D eigenvalue weighted by Crippen LogP contribution is 2.04. The van der Waals surface area contributed by atoms with E-state index in [0.717, 1.165) is 32.1 Å². The van der Waals surface area contributed by atoms with E-state index in [1.54, 1.807) is 0 Å². The number of unbranched alkanes of at least 4 members (excludes halogenated alkanes) is 4. The van der Waals surface area contributed by atoms with Crippen LogP contribution in [0.2, 0.25) is 0 Å². The van der Waals surface area contributed by atoms with Gasteiger partial charge in [0.25, 0.3) is 0 Å². The van der Waals surface area contributed by atoms with E-state index in [2.05, 4.69) is 0 Å². The van der Waals surface area contributed by atoms with Crippen molar-refractivity contribution in [2.45, 2.75) is 44.9 Å². The van der Waals surface area contributed by atoms with Crippen LogP contribution < -0.4 is 0 Å². The molecule has 0 spiro atoms. The topological polar surface area (TPSA) is 66.8 Å². The highest BCUT2D eigenvalue weighted by atomic mass is 16.5. The van der Waals surface area contributed by atoms with Gasteiger partial charge >= 0.3 is 5.97 Å². The zero-order valence-corrected chi connectivity index (χ0v) is 9.28. The fourth-order valence-corrected chi connectivity index (χ4v) is 1.21. The summed E-state index contributed by atoms with van der Waals surface area (Å²) < 4.78 is 4.95. The highest BCUT2D eigenvalue weighted by Gasteiger charge is 2.01. The van der Waals surface area contributed by atoms with Gasteiger partial charge in [0.1, 0.15) is 0 Å². The van der Waals surface area contributed by atoms with E-state index in [1.165, 1.54) is 0 Å². The van der Waals surface area contributed by atoms with Gasteiger partial charge in [0, 0.05) is 19.6 Å². The minimum absolute atomic E-state index is 0.151. The molecule has 0 rings (SSSR count). The zero-order valence-electron chi connectivity index (χ0n) is 9.28. The Kier molecular flexibility index (Phi) is 11.0. The van der Waals surface area contributed by atoms with E-state index in [0.29, 0.717) is 19.4 Å². The number of aliphatic hydroxyl groups excluding tert-OH is 2. The van der Waals surface area contributed by atoms with Crippen molar-refractivity contribution in [1.82, 2.24) is 0 Å². The van der Waals surface area contributed by atoms with Crippen LogP contribution in [0, 0.1) is 0 Å². The average molecular weight is 218 g/mol. The Morgan fingerprint density at radius 3 is 2.13 bits per heavy atom. The van der Waals surface area contributed by atoms with E-state index in [-0.39, 0.29) is 19.2 Å². The van der Waals surface area contributed by atoms with E-state index >= 15 is 0 Å². The number of rotatable bonds is 10. The normalized spacial score (nSPS) is 10.3. The fourth-order valence-electron chi connectivity index (χ4n) is 1.21. The Balaban J connectivity index is 3.11. The number of esters is 1. The first kappa shape index (κ1) is 14.4. The molecule has 90 valence electrons. The van der Waals surface area contributed by atoms with Gasteiger partial charge in [-0.25, -0.2) is 0 Å². The molecule has 0 aromatic heterocycles. The molecule has 0 atom stereocenters. The van der Waals surface area contributed by atoms with Crippen LogP contribution in [0.5, 0.6) is 0 Å². The molecule has 0 heterocycles. The van der Waals surface area contributed by atoms with Gasteiger partial charge in [0.2, 0.25) is 0 Å². The molecule has 0 saturated heterocycles. The quantitative estimate of drug-likeness (QED) is 0.428. The number of aliphatic hydroxyl groups is 2. The third kappa shape index (κ3) is 11.3. The molecule has 0 aliphatic heterocycles. The number of ether oxygens (including phenoxy) is 1. The second-order valence-electron chi connectivity index (χ2n) is 3.54. The lowest BCUT2D eigenvalue weighted by atomic mass is 10.1. The lowest BCUT2D eigenvalue weighted by Gasteiger charge is -2.03. The largest absolute Gasteiger partial charge is 0.466 e. The van der Waals surface area contributed by atoms with Crippen LogP contribution in [-0.4, -0.2) is 36.0 Å². The van der Waals surface area contributed by atoms with Crippen LogP contribution in [0.15, 0.2) is 0 Å². The number of hydrogen-bond acceptors (Lipinski definition) is 4. The maximum atomic E-state index is 11.1. The molecule has 4 nitrogen and oxygen atoms in total. The van der Waals surface area contributed by atoms with Gasteiger partial charge in [-0.1, -0.05) is 12.8 Å². The molecule has 0 aromatic carbocycles. The minimum Gasteiger partial charge on any atom is -0.466 e. The molecule has 0 aromatic rings. The number of carbonyl (C=O) groups excluding carboxylic acids is 1. The van der Waals surface area contributed by atoms with Gasteiger partial charge < -0.3 is 14.9 Å². The third-order valence-corrected chi connectivity index (χ3v) is 2.10. The molecule has 15 heavy (non-hydrogen) atoms. The summed E-state index contributed by atoms with van der Waals surface area (Å²) in [5, 5.41) is 17.0. The molecule has 2 N–H and O–H groups in total. The van der Waals surface area contributed by atoms with Gasteiger partial charge in [0.15, 0.2) is 0 Å². The standard InChI is InChI=1S/C11H22O4/c12-8-4-2-1-3-7-11(14)15-10-6-5-9-13/h12-13H,1-10H2. The van der Waals surface area contributed by atoms with Gasteiger partial charge in [-0.15, -0.1) is 0 Å². The van der Waals surface area contributed by atoms with Gasteiger partial charge in [0.05, 0.1) is 6.61 Å². The smallest absolute Gasteiger partial charge is 0.305 e. The first-order chi connectivity index (χ1) is 7.31. The summed E-state index contributed by atoms with van der Waals surface area (Å²) in [6, 6.07) is 0. The zero-order chi connectivity index (χ0) is 11.4. The van der Waals surface area contributed by atoms with Crippen molar-refractivity contribution in [3.8, 4) is 0 Å². The van der Waals surface area contributed by atoms with Crippen LogP contribution in [0.1, 0.15) is 44.9 Å². The molecule has 0 saturated carbocycles. The van der Waals surface area contributed by atoms with Crippen LogP contribution in [-0.2, 0) is 9.53 Å². The fraction of sp³-hybridized carbons (Fsp3) is 0.909. The molecule has 0 amide bonds. The third-order valence-electron chi connectivity index (χ3n) is 2.10. The number of hydrogen-bond donors (Lipinski definition) is 2. The monoisotopic (exact) mass is 218 g/mol. The Bertz CT molecular complexity index is 148. The molecule has 0 unspecified atom stereocenters. The maximum absolute atomic E-state index is 11.1. The van der Waals surface area contributed by atoms with Crippen molar-refractivity contribution in [2.24, 2.45) is 0 Å². The lowest BCUT2D eigenvalue weighted by molar-refractivity contribution is -0.143. The Morgan fingerprint density at radius 2 is 1.47 bits per heavy atom. The molecular weight excluding hydrogens is 196 g/mol. The molecule has 0 fully saturated rings. The molecular formula is C11H22O4. The Morgan fingerprint density at radius 1 is 0.867 bits per heavy atom. The lowest BCUT2D eigenvalue weighted by Crippen LogP contribution is -2.06. The summed E-state index contributed by atoms with van der Waals surface area (Å²) in [5.74, 6) is -0.156. The Labute approximate surface area is 91.3 Å². The molecule has 0 bridgehead atoms. The van der Waals surface area contributed by atoms with E-state index in [1.807, 2.05) is 0 Å². The van der Waals surface area contributed by atoms with Crippen LogP contribution in [0.4, 0.5) is 0 Å². The predicted octanol–water partition coefficient (Wildman–Crippen LogP) is 1.24. The van der Waals surface area contributed by atoms with E-state index in [9.17, 15) is 4.79 Å². The van der Waals surface area contributed by atoms with E-state index in [4.69, 9.17) is 14.9 Å². The summed E-state index contributed by atoms with van der Waals surface area (Å²) in [5.41, 5.74) is 0. The van der Waals surface area contributed by atoms with Crippen molar-refractivity contribution in [3.05, 3.63) is 0 Å². The summed E-state index contributed by atoms with van der Waals surface area (Å²) >= 11 is 0. The maximum Gasteiger partial charge on any atom is 0.305 e. The summed E-state index contributed by atoms with van der Waals surface area (Å²) in [4.78, 5) is 11.1. The molecule has 0 radical (unpaired) electrons. The second-order valence-corrected chi connectivity index (χ2v) is 3.54. The van der Waals surface area contributed by atoms with Gasteiger partial charge in [-0.3, -0.25) is 4.79 Å². The highest BCUT2D eigenvalue weighted by molar-refractivity contribution is 5.69. The molecule has 4 heteroatoms. The van der Waals surface area contributed by atoms with Crippen molar-refractivity contribution < 1.29 is 19.7 Å². The van der Waals surface area contributed by atoms with Crippen molar-refractivity contribution in [1.29, 1.82) is 0 Å². The predicted molar refractivity (Wildman–Crippen MR) is 57.4 cm³/mol. The van der Waals surface area contributed by atoms with Crippen LogP contribution in [0.25, 0.3) is 0 Å².